The fraction of sp³-hybridized carbons (Fsp3) is 0.179. The number of aromatic nitrogens is 1. The Morgan fingerprint density at radius 1 is 0.974 bits per heavy atom. The third-order valence-corrected chi connectivity index (χ3v) is 7.59. The zero-order valence-corrected chi connectivity index (χ0v) is 21.6. The largest absolute Gasteiger partial charge is 0.493 e. The van der Waals surface area contributed by atoms with Crippen LogP contribution < -0.4 is 24.5 Å². The zero-order valence-electron chi connectivity index (χ0n) is 20.8. The Kier molecular flexibility index (Phi) is 5.57. The van der Waals surface area contributed by atoms with Gasteiger partial charge >= 0.3 is 0 Å². The SMILES string of the molecule is COc1cc([C@@H]2c3c(oc4ccc(C)cc4c3=O)C(=O)N2c2nc3ccc(F)cc3s2)cc(OC)c1OC. The molecule has 0 spiro atoms. The minimum Gasteiger partial charge on any atom is -0.493 e. The second kappa shape index (κ2) is 8.84. The van der Waals surface area contributed by atoms with Crippen molar-refractivity contribution < 1.29 is 27.8 Å². The number of aryl methyl sites for hydroxylation is 1. The van der Waals surface area contributed by atoms with Crippen molar-refractivity contribution in [2.45, 2.75) is 13.0 Å². The number of carbonyl (C=O) groups excluding carboxylic acids is 1. The van der Waals surface area contributed by atoms with Crippen LogP contribution in [0.2, 0.25) is 0 Å². The maximum Gasteiger partial charge on any atom is 0.297 e. The lowest BCUT2D eigenvalue weighted by molar-refractivity contribution is 0.0971. The first-order chi connectivity index (χ1) is 18.3. The first-order valence-electron chi connectivity index (χ1n) is 11.6. The van der Waals surface area contributed by atoms with Crippen LogP contribution in [0.25, 0.3) is 21.2 Å². The molecule has 1 amide bonds. The molecule has 6 rings (SSSR count). The van der Waals surface area contributed by atoms with Crippen LogP contribution in [0.4, 0.5) is 9.52 Å². The molecule has 0 aliphatic carbocycles. The number of rotatable bonds is 5. The van der Waals surface area contributed by atoms with Gasteiger partial charge in [-0.1, -0.05) is 23.0 Å². The highest BCUT2D eigenvalue weighted by Crippen LogP contribution is 2.47. The molecule has 0 N–H and O–H groups in total. The maximum absolute atomic E-state index is 13.9. The number of anilines is 1. The molecule has 2 aromatic heterocycles. The second-order valence-corrected chi connectivity index (χ2v) is 9.83. The van der Waals surface area contributed by atoms with Crippen LogP contribution >= 0.6 is 11.3 Å². The molecule has 5 aromatic rings. The normalized spacial score (nSPS) is 14.8. The number of thiazole rings is 1. The van der Waals surface area contributed by atoms with Gasteiger partial charge < -0.3 is 18.6 Å². The van der Waals surface area contributed by atoms with E-state index in [0.29, 0.717) is 49.1 Å². The highest BCUT2D eigenvalue weighted by atomic mass is 32.1. The molecule has 1 atom stereocenters. The smallest absolute Gasteiger partial charge is 0.297 e. The third-order valence-electron chi connectivity index (χ3n) is 6.57. The van der Waals surface area contributed by atoms with Gasteiger partial charge in [-0.3, -0.25) is 14.5 Å². The summed E-state index contributed by atoms with van der Waals surface area (Å²) in [5.74, 6) is 0.0634. The van der Waals surface area contributed by atoms with Gasteiger partial charge in [0.2, 0.25) is 11.5 Å². The molecule has 0 bridgehead atoms. The van der Waals surface area contributed by atoms with Crippen molar-refractivity contribution in [3.8, 4) is 17.2 Å². The molecule has 38 heavy (non-hydrogen) atoms. The summed E-state index contributed by atoms with van der Waals surface area (Å²) >= 11 is 1.14. The maximum atomic E-state index is 13.9. The minimum absolute atomic E-state index is 0.0736. The van der Waals surface area contributed by atoms with Gasteiger partial charge in [-0.2, -0.15) is 0 Å². The van der Waals surface area contributed by atoms with Crippen LogP contribution in [0, 0.1) is 12.7 Å². The van der Waals surface area contributed by atoms with E-state index < -0.39 is 17.8 Å². The summed E-state index contributed by atoms with van der Waals surface area (Å²) < 4.78 is 37.1. The Morgan fingerprint density at radius 3 is 2.39 bits per heavy atom. The molecule has 0 saturated carbocycles. The second-order valence-electron chi connectivity index (χ2n) is 8.82. The van der Waals surface area contributed by atoms with E-state index in [1.807, 2.05) is 13.0 Å². The van der Waals surface area contributed by atoms with Crippen LogP contribution in [-0.4, -0.2) is 32.2 Å². The van der Waals surface area contributed by atoms with E-state index in [-0.39, 0.29) is 16.8 Å². The number of ether oxygens (including phenoxy) is 3. The molecule has 0 unspecified atom stereocenters. The van der Waals surface area contributed by atoms with Crippen molar-refractivity contribution in [1.29, 1.82) is 0 Å². The first-order valence-corrected chi connectivity index (χ1v) is 12.4. The van der Waals surface area contributed by atoms with E-state index in [2.05, 4.69) is 4.98 Å². The summed E-state index contributed by atoms with van der Waals surface area (Å²) in [6, 6.07) is 11.9. The Morgan fingerprint density at radius 2 is 1.71 bits per heavy atom. The van der Waals surface area contributed by atoms with E-state index in [0.717, 1.165) is 16.9 Å². The van der Waals surface area contributed by atoms with Crippen LogP contribution in [0.5, 0.6) is 17.2 Å². The van der Waals surface area contributed by atoms with E-state index in [9.17, 15) is 14.0 Å². The van der Waals surface area contributed by atoms with Gasteiger partial charge in [-0.25, -0.2) is 9.37 Å². The summed E-state index contributed by atoms with van der Waals surface area (Å²) in [6.07, 6.45) is 0. The number of halogens is 1. The lowest BCUT2D eigenvalue weighted by Crippen LogP contribution is -2.29. The molecule has 3 aromatic carbocycles. The van der Waals surface area contributed by atoms with Gasteiger partial charge in [-0.15, -0.1) is 0 Å². The lowest BCUT2D eigenvalue weighted by Gasteiger charge is -2.24. The fourth-order valence-corrected chi connectivity index (χ4v) is 5.87. The van der Waals surface area contributed by atoms with Gasteiger partial charge in [0.25, 0.3) is 5.91 Å². The highest BCUT2D eigenvalue weighted by Gasteiger charge is 2.45. The Labute approximate surface area is 219 Å². The summed E-state index contributed by atoms with van der Waals surface area (Å²) in [5, 5.41) is 0.655. The van der Waals surface area contributed by atoms with Crippen molar-refractivity contribution in [1.82, 2.24) is 4.98 Å². The van der Waals surface area contributed by atoms with E-state index in [1.165, 1.54) is 38.4 Å². The quantitative estimate of drug-likeness (QED) is 0.290. The van der Waals surface area contributed by atoms with Crippen LogP contribution in [0.1, 0.15) is 33.3 Å². The molecule has 0 fully saturated rings. The number of fused-ring (bicyclic) bond motifs is 3. The average Bonchev–Trinajstić information content (AvgIpc) is 3.46. The summed E-state index contributed by atoms with van der Waals surface area (Å²) in [7, 11) is 4.46. The number of benzene rings is 3. The van der Waals surface area contributed by atoms with Crippen molar-refractivity contribution in [3.63, 3.8) is 0 Å². The van der Waals surface area contributed by atoms with E-state index in [1.54, 1.807) is 30.3 Å². The topological polar surface area (TPSA) is 91.1 Å². The number of hydrogen-bond acceptors (Lipinski definition) is 8. The first kappa shape index (κ1) is 23.9. The van der Waals surface area contributed by atoms with E-state index in [4.69, 9.17) is 18.6 Å². The molecule has 0 radical (unpaired) electrons. The molecule has 1 aliphatic rings. The summed E-state index contributed by atoms with van der Waals surface area (Å²) in [6.45, 7) is 1.88. The van der Waals surface area contributed by atoms with Gasteiger partial charge in [0, 0.05) is 0 Å². The van der Waals surface area contributed by atoms with Crippen molar-refractivity contribution >= 4 is 43.6 Å². The number of nitrogens with zero attached hydrogens (tertiary/aromatic N) is 2. The molecular formula is C28H21FN2O6S. The molecule has 3 heterocycles. The molecule has 1 aliphatic heterocycles. The van der Waals surface area contributed by atoms with Crippen LogP contribution in [0.3, 0.4) is 0 Å². The van der Waals surface area contributed by atoms with Crippen molar-refractivity contribution in [2.75, 3.05) is 26.2 Å². The number of carbonyl (C=O) groups is 1. The average molecular weight is 533 g/mol. The zero-order chi connectivity index (χ0) is 26.7. The van der Waals surface area contributed by atoms with Gasteiger partial charge in [0.1, 0.15) is 11.4 Å². The van der Waals surface area contributed by atoms with Crippen molar-refractivity contribution in [3.05, 3.63) is 87.0 Å². The monoisotopic (exact) mass is 532 g/mol. The lowest BCUT2D eigenvalue weighted by atomic mass is 9.97. The number of methoxy groups -OCH3 is 3. The van der Waals surface area contributed by atoms with Gasteiger partial charge in [0.05, 0.1) is 48.5 Å². The van der Waals surface area contributed by atoms with Crippen LogP contribution in [-0.2, 0) is 0 Å². The minimum atomic E-state index is -0.919. The van der Waals surface area contributed by atoms with Gasteiger partial charge in [0.15, 0.2) is 22.1 Å². The standard InChI is InChI=1S/C28H21FN2O6S/c1-13-5-8-18-16(9-13)24(32)22-23(14-10-19(34-2)25(36-4)20(11-14)35-3)31(27(33)26(22)37-18)28-30-17-7-6-15(29)12-21(17)38-28/h5-12,23H,1-4H3/t23-/m1/s1. The molecule has 192 valence electrons. The number of amides is 1. The predicted molar refractivity (Wildman–Crippen MR) is 142 cm³/mol. The Balaban J connectivity index is 1.66. The number of hydrogen-bond donors (Lipinski definition) is 0. The molecule has 10 heteroatoms. The Hall–Kier alpha value is -4.44. The highest BCUT2D eigenvalue weighted by molar-refractivity contribution is 7.22. The Bertz CT molecular complexity index is 1800. The fourth-order valence-electron chi connectivity index (χ4n) is 4.85. The van der Waals surface area contributed by atoms with Gasteiger partial charge in [-0.05, 0) is 55.0 Å². The summed E-state index contributed by atoms with van der Waals surface area (Å²) in [4.78, 5) is 33.9. The molecule has 0 saturated heterocycles. The molecule has 8 nitrogen and oxygen atoms in total. The predicted octanol–water partition coefficient (Wildman–Crippen LogP) is 5.63. The summed E-state index contributed by atoms with van der Waals surface area (Å²) in [5.41, 5.74) is 2.09. The van der Waals surface area contributed by atoms with Crippen LogP contribution in [0.15, 0.2) is 57.7 Å². The third kappa shape index (κ3) is 3.52. The van der Waals surface area contributed by atoms with E-state index >= 15 is 0 Å². The molecular weight excluding hydrogens is 511 g/mol. The van der Waals surface area contributed by atoms with Crippen molar-refractivity contribution in [2.24, 2.45) is 0 Å².